The van der Waals surface area contributed by atoms with Gasteiger partial charge in [-0.1, -0.05) is 85.3 Å². The molecule has 3 nitrogen and oxygen atoms in total. The van der Waals surface area contributed by atoms with Crippen LogP contribution in [-0.2, 0) is 56.0 Å². The molecule has 5 aromatic carbocycles. The largest absolute Gasteiger partial charge is 0.440 e. The summed E-state index contributed by atoms with van der Waals surface area (Å²) in [6.45, 7) is 0.825. The Balaban J connectivity index is 0.000000397. The third-order valence-corrected chi connectivity index (χ3v) is 12.3. The molecule has 0 N–H and O–H groups in total. The van der Waals surface area contributed by atoms with Crippen molar-refractivity contribution in [2.24, 2.45) is 0 Å². The van der Waals surface area contributed by atoms with Gasteiger partial charge < -0.3 is 4.74 Å². The van der Waals surface area contributed by atoms with Crippen molar-refractivity contribution in [3.8, 4) is 5.88 Å². The molecule has 0 atom stereocenters. The average molecular weight is 1130 g/mol. The Kier molecular flexibility index (Phi) is 16.5. The van der Waals surface area contributed by atoms with E-state index in [0.29, 0.717) is 6.10 Å². The molecule has 1 fully saturated rings. The van der Waals surface area contributed by atoms with Crippen LogP contribution < -0.4 is 31.2 Å². The van der Waals surface area contributed by atoms with E-state index < -0.39 is 195 Å². The van der Waals surface area contributed by atoms with Gasteiger partial charge in [0.05, 0.1) is 50.7 Å². The van der Waals surface area contributed by atoms with Crippen LogP contribution in [0.15, 0.2) is 122 Å². The zero-order chi connectivity index (χ0) is 57.5. The molecule has 0 unspecified atom stereocenters. The molecular weight excluding hydrogens is 1100 g/mol. The third kappa shape index (κ3) is 14.3. The summed E-state index contributed by atoms with van der Waals surface area (Å²) < 4.78 is 349. The van der Waals surface area contributed by atoms with Gasteiger partial charge in [-0.2, -0.15) is 132 Å². The fraction of sp³-hybridized carbons (Fsp3) is 0.306. The lowest BCUT2D eigenvalue weighted by Crippen LogP contribution is -2.75. The fourth-order valence-electron chi connectivity index (χ4n) is 8.81. The van der Waals surface area contributed by atoms with E-state index in [9.17, 15) is 105 Å². The van der Waals surface area contributed by atoms with Crippen molar-refractivity contribution in [1.82, 2.24) is 4.98 Å². The van der Waals surface area contributed by atoms with Crippen LogP contribution in [0, 0.1) is 0 Å². The first-order valence-electron chi connectivity index (χ1n) is 22.1. The normalized spacial score (nSPS) is 14.8. The predicted molar refractivity (Wildman–Crippen MR) is 228 cm³/mol. The Hall–Kier alpha value is -6.64. The topological polar surface area (TPSA) is 26.0 Å². The Morgan fingerprint density at radius 3 is 0.961 bits per heavy atom. The van der Waals surface area contributed by atoms with E-state index in [2.05, 4.69) is 33.8 Å². The van der Waals surface area contributed by atoms with Gasteiger partial charge in [0.1, 0.15) is 18.4 Å². The van der Waals surface area contributed by atoms with Gasteiger partial charge in [-0.15, -0.1) is 0 Å². The number of benzene rings is 5. The third-order valence-electron chi connectivity index (χ3n) is 12.3. The molecule has 1 aromatic heterocycles. The molecule has 1 heterocycles. The van der Waals surface area contributed by atoms with E-state index in [0.717, 1.165) is 12.4 Å². The molecule has 416 valence electrons. The number of ether oxygens (including phenoxy) is 1. The molecule has 0 aliphatic heterocycles. The van der Waals surface area contributed by atoms with Crippen molar-refractivity contribution in [3.05, 3.63) is 172 Å². The summed E-state index contributed by atoms with van der Waals surface area (Å²) in [5.74, 6) is 0.878. The molecule has 7 rings (SSSR count). The second kappa shape index (κ2) is 21.3. The number of nitrogens with zero attached hydrogens (tertiary/aromatic N) is 2. The van der Waals surface area contributed by atoms with Gasteiger partial charge in [0.25, 0.3) is 0 Å². The Labute approximate surface area is 419 Å². The molecule has 0 bridgehead atoms. The SMILES string of the molecule is FC(F)(F)c1cc([B-](c2cc(C(F)(F)F)cc(C(F)(F)F)c2)(c2cc(C(F)(F)F)cc(C(F)(F)F)c2)c2cc(C(F)(F)F)cc(C(F)(F)F)c2)cc(C(F)(F)F)c1.c1ccc(C[n+]2ccncc2OC2CCCCC2)cc1. The first-order chi connectivity index (χ1) is 35.2. The van der Waals surface area contributed by atoms with Gasteiger partial charge in [-0.3, -0.25) is 0 Å². The highest BCUT2D eigenvalue weighted by atomic mass is 19.4. The molecule has 0 radical (unpaired) electrons. The maximum Gasteiger partial charge on any atom is 0.416 e. The zero-order valence-corrected chi connectivity index (χ0v) is 38.3. The summed E-state index contributed by atoms with van der Waals surface area (Å²) in [7, 11) is 0. The van der Waals surface area contributed by atoms with E-state index in [-0.39, 0.29) is 0 Å². The first kappa shape index (κ1) is 59.6. The van der Waals surface area contributed by atoms with Crippen molar-refractivity contribution in [1.29, 1.82) is 0 Å². The summed E-state index contributed by atoms with van der Waals surface area (Å²) in [5.41, 5.74) is -28.9. The quantitative estimate of drug-likeness (QED) is 0.0862. The van der Waals surface area contributed by atoms with Crippen molar-refractivity contribution in [3.63, 3.8) is 0 Å². The number of halogens is 24. The van der Waals surface area contributed by atoms with E-state index in [1.807, 2.05) is 24.7 Å². The summed E-state index contributed by atoms with van der Waals surface area (Å²) >= 11 is 0. The monoisotopic (exact) mass is 1130 g/mol. The standard InChI is InChI=1S/C32H12BF24.C17H21N2O/c34-25(35,36)13-1-14(26(37,38)39)6-21(5-13)33(22-7-15(27(40,41)42)2-16(8-22)28(43,44)45,23-9-17(29(46,47)48)3-18(10-23)30(49,50)51)24-11-19(31(52,53)54)4-20(12-24)32(55,56)57;1-3-7-15(8-4-1)14-19-12-11-18-13-17(19)20-16-9-5-2-6-10-16/h1-12H;1,3-4,7-8,11-13,16H,2,5-6,9-10,14H2/q-1;+1. The highest BCUT2D eigenvalue weighted by Crippen LogP contribution is 2.41. The molecule has 6 aromatic rings. The van der Waals surface area contributed by atoms with E-state index in [4.69, 9.17) is 4.74 Å². The minimum Gasteiger partial charge on any atom is -0.440 e. The van der Waals surface area contributed by atoms with Crippen molar-refractivity contribution in [2.75, 3.05) is 0 Å². The highest BCUT2D eigenvalue weighted by molar-refractivity contribution is 7.20. The zero-order valence-electron chi connectivity index (χ0n) is 38.3. The Bertz CT molecular complexity index is 2580. The Morgan fingerprint density at radius 1 is 0.403 bits per heavy atom. The fourth-order valence-corrected chi connectivity index (χ4v) is 8.81. The van der Waals surface area contributed by atoms with E-state index in [1.165, 1.54) is 37.7 Å². The van der Waals surface area contributed by atoms with Crippen molar-refractivity contribution >= 4 is 28.0 Å². The van der Waals surface area contributed by atoms with Gasteiger partial charge in [-0.25, -0.2) is 4.98 Å². The lowest BCUT2D eigenvalue weighted by atomic mass is 9.12. The van der Waals surface area contributed by atoms with E-state index >= 15 is 0 Å². The number of alkyl halides is 24. The molecule has 0 spiro atoms. The van der Waals surface area contributed by atoms with Crippen LogP contribution in [0.1, 0.15) is 82.2 Å². The Morgan fingerprint density at radius 2 is 0.688 bits per heavy atom. The predicted octanol–water partition coefficient (Wildman–Crippen LogP) is 14.3. The maximum absolute atomic E-state index is 14.2. The van der Waals surface area contributed by atoms with Gasteiger partial charge in [0.2, 0.25) is 0 Å². The number of hydrogen-bond donors (Lipinski definition) is 0. The minimum absolute atomic E-state index is 0.356. The molecular formula is C49H33BF24N2O. The van der Waals surface area contributed by atoms with Gasteiger partial charge >= 0.3 is 55.3 Å². The summed E-state index contributed by atoms with van der Waals surface area (Å²) in [6.07, 6.45) is -42.6. The second-order valence-electron chi connectivity index (χ2n) is 17.6. The molecule has 28 heteroatoms. The summed E-state index contributed by atoms with van der Waals surface area (Å²) in [4.78, 5) is 4.21. The molecule has 77 heavy (non-hydrogen) atoms. The summed E-state index contributed by atoms with van der Waals surface area (Å²) in [6, 6.07) is 1.64. The number of hydrogen-bond acceptors (Lipinski definition) is 2. The molecule has 0 amide bonds. The molecule has 1 aliphatic carbocycles. The van der Waals surface area contributed by atoms with Crippen LogP contribution in [0.5, 0.6) is 5.88 Å². The molecule has 1 saturated carbocycles. The average Bonchev–Trinajstić information content (AvgIpc) is 3.31. The lowest BCUT2D eigenvalue weighted by molar-refractivity contribution is -0.694. The second-order valence-corrected chi connectivity index (χ2v) is 17.6. The van der Waals surface area contributed by atoms with Crippen molar-refractivity contribution < 1.29 is 115 Å². The molecule has 0 saturated heterocycles. The van der Waals surface area contributed by atoms with Gasteiger partial charge in [0, 0.05) is 5.56 Å². The number of rotatable bonds is 8. The van der Waals surface area contributed by atoms with Gasteiger partial charge in [-0.05, 0) is 49.9 Å². The van der Waals surface area contributed by atoms with Crippen LogP contribution in [-0.4, -0.2) is 17.2 Å². The smallest absolute Gasteiger partial charge is 0.416 e. The van der Waals surface area contributed by atoms with E-state index in [1.54, 1.807) is 0 Å². The van der Waals surface area contributed by atoms with Crippen LogP contribution in [0.25, 0.3) is 0 Å². The molecule has 1 aliphatic rings. The van der Waals surface area contributed by atoms with Crippen molar-refractivity contribution in [2.45, 2.75) is 94.2 Å². The van der Waals surface area contributed by atoms with Crippen LogP contribution in [0.3, 0.4) is 0 Å². The first-order valence-corrected chi connectivity index (χ1v) is 22.1. The maximum atomic E-state index is 14.2. The lowest BCUT2D eigenvalue weighted by Gasteiger charge is -2.46. The minimum atomic E-state index is -6.13. The van der Waals surface area contributed by atoms with Crippen LogP contribution >= 0.6 is 0 Å². The highest BCUT2D eigenvalue weighted by Gasteiger charge is 2.47. The van der Waals surface area contributed by atoms with Gasteiger partial charge in [0.15, 0.2) is 12.7 Å². The summed E-state index contributed by atoms with van der Waals surface area (Å²) in [5, 5.41) is 0. The van der Waals surface area contributed by atoms with Crippen LogP contribution in [0.4, 0.5) is 105 Å². The van der Waals surface area contributed by atoms with Crippen LogP contribution in [0.2, 0.25) is 0 Å². The number of aromatic nitrogens is 2.